The number of aromatic nitrogens is 1. The van der Waals surface area contributed by atoms with Gasteiger partial charge in [0.1, 0.15) is 0 Å². The second kappa shape index (κ2) is 20.6. The molecular weight excluding hydrogens is 1100 g/mol. The molecule has 442 valence electrons. The van der Waals surface area contributed by atoms with Crippen LogP contribution in [-0.2, 0) is 21.7 Å². The van der Waals surface area contributed by atoms with Crippen LogP contribution >= 0.6 is 0 Å². The monoisotopic (exact) mass is 1170 g/mol. The molecule has 91 heavy (non-hydrogen) atoms. The molecule has 0 amide bonds. The molecule has 0 spiro atoms. The molecule has 13 aromatic rings. The molecule has 3 aliphatic rings. The molecule has 0 radical (unpaired) electrons. The van der Waals surface area contributed by atoms with E-state index >= 15 is 0 Å². The fourth-order valence-electron chi connectivity index (χ4n) is 15.4. The van der Waals surface area contributed by atoms with Crippen molar-refractivity contribution in [3.63, 3.8) is 0 Å². The van der Waals surface area contributed by atoms with Gasteiger partial charge in [0.2, 0.25) is 0 Å². The molecule has 0 unspecified atom stereocenters. The van der Waals surface area contributed by atoms with E-state index in [0.717, 1.165) is 39.3 Å². The maximum absolute atomic E-state index is 2.73. The minimum Gasteiger partial charge on any atom is -0.310 e. The molecule has 4 heterocycles. The third kappa shape index (κ3) is 8.92. The molecule has 0 fully saturated rings. The number of rotatable bonds is 5. The van der Waals surface area contributed by atoms with Gasteiger partial charge in [0.05, 0.1) is 22.4 Å². The topological polar surface area (TPSA) is 11.4 Å². The van der Waals surface area contributed by atoms with Gasteiger partial charge in [-0.3, -0.25) is 0 Å². The van der Waals surface area contributed by atoms with Crippen LogP contribution in [0.2, 0.25) is 0 Å². The Morgan fingerprint density at radius 1 is 0.341 bits per heavy atom. The standard InChI is InChI=1S/C87H76BN3/c1-84(2,3)61-50-70(86(7,8)9)80-59-44-46-72-76(49-59)90(83-66(57-32-19-14-20-33-57)40-27-41-67(83)58-34-25-35-60(48-58)87(10,11)71(80)51-61)78-52-62(85(4,5)6)53-79-81(78)88(72)73-47-45-63(89-74-42-23-21-36-68(74)69-37-22-24-43-75(69)89)54-77(73)91(79)82-64(55-28-15-12-16-29-55)38-26-39-65(82)56-30-17-13-18-31-56/h12-54H,1-11H3. The van der Waals surface area contributed by atoms with Crippen LogP contribution in [-0.4, -0.2) is 11.3 Å². The summed E-state index contributed by atoms with van der Waals surface area (Å²) in [6.45, 7) is 26.3. The van der Waals surface area contributed by atoms with Crippen molar-refractivity contribution < 1.29 is 0 Å². The maximum atomic E-state index is 2.73. The Morgan fingerprint density at radius 2 is 0.780 bits per heavy atom. The Labute approximate surface area is 538 Å². The van der Waals surface area contributed by atoms with Gasteiger partial charge in [-0.2, -0.15) is 0 Å². The van der Waals surface area contributed by atoms with Crippen LogP contribution in [0.25, 0.3) is 83.1 Å². The Balaban J connectivity index is 1.10. The van der Waals surface area contributed by atoms with Crippen molar-refractivity contribution in [2.24, 2.45) is 0 Å². The molecule has 16 rings (SSSR count). The van der Waals surface area contributed by atoms with Gasteiger partial charge < -0.3 is 14.4 Å². The molecule has 0 saturated heterocycles. The molecule has 4 bridgehead atoms. The molecule has 0 atom stereocenters. The summed E-state index contributed by atoms with van der Waals surface area (Å²) in [5.41, 5.74) is 31.9. The number of fused-ring (bicyclic) bond motifs is 15. The lowest BCUT2D eigenvalue weighted by Crippen LogP contribution is -2.61. The first-order valence-electron chi connectivity index (χ1n) is 32.6. The zero-order valence-corrected chi connectivity index (χ0v) is 54.2. The minimum atomic E-state index is -0.393. The molecule has 4 heteroatoms. The molecule has 0 saturated carbocycles. The van der Waals surface area contributed by atoms with Gasteiger partial charge >= 0.3 is 0 Å². The van der Waals surface area contributed by atoms with Crippen molar-refractivity contribution in [3.8, 4) is 61.3 Å². The predicted octanol–water partition coefficient (Wildman–Crippen LogP) is 21.7. The fraction of sp³-hybridized carbons (Fsp3) is 0.172. The van der Waals surface area contributed by atoms with Gasteiger partial charge in [0.25, 0.3) is 6.71 Å². The lowest BCUT2D eigenvalue weighted by atomic mass is 9.33. The first kappa shape index (κ1) is 56.3. The van der Waals surface area contributed by atoms with Crippen LogP contribution in [0, 0.1) is 0 Å². The number of anilines is 6. The predicted molar refractivity (Wildman–Crippen MR) is 390 cm³/mol. The van der Waals surface area contributed by atoms with Crippen LogP contribution in [0.4, 0.5) is 34.1 Å². The first-order chi connectivity index (χ1) is 43.8. The van der Waals surface area contributed by atoms with Gasteiger partial charge in [0.15, 0.2) is 0 Å². The Morgan fingerprint density at radius 3 is 1.29 bits per heavy atom. The summed E-state index contributed by atoms with van der Waals surface area (Å²) in [5, 5.41) is 2.48. The van der Waals surface area contributed by atoms with Crippen LogP contribution in [0.15, 0.2) is 261 Å². The second-order valence-corrected chi connectivity index (χ2v) is 29.3. The summed E-state index contributed by atoms with van der Waals surface area (Å²) in [6.07, 6.45) is 0. The summed E-state index contributed by atoms with van der Waals surface area (Å²) < 4.78 is 2.50. The molecule has 1 aromatic heterocycles. The molecule has 0 N–H and O–H groups in total. The summed E-state index contributed by atoms with van der Waals surface area (Å²) >= 11 is 0. The lowest BCUT2D eigenvalue weighted by molar-refractivity contribution is 0.560. The van der Waals surface area contributed by atoms with E-state index in [2.05, 4.69) is 351 Å². The van der Waals surface area contributed by atoms with E-state index in [0.29, 0.717) is 0 Å². The van der Waals surface area contributed by atoms with Crippen LogP contribution in [0.5, 0.6) is 0 Å². The number of para-hydroxylation sites is 4. The average molecular weight is 1170 g/mol. The van der Waals surface area contributed by atoms with Crippen molar-refractivity contribution in [1.29, 1.82) is 0 Å². The normalized spacial score (nSPS) is 13.9. The van der Waals surface area contributed by atoms with Crippen molar-refractivity contribution >= 4 is 79.0 Å². The van der Waals surface area contributed by atoms with Crippen molar-refractivity contribution in [3.05, 3.63) is 289 Å². The first-order valence-corrected chi connectivity index (χ1v) is 32.6. The van der Waals surface area contributed by atoms with Crippen LogP contribution < -0.4 is 26.2 Å². The Hall–Kier alpha value is -9.90. The van der Waals surface area contributed by atoms with Gasteiger partial charge in [0, 0.05) is 66.9 Å². The third-order valence-electron chi connectivity index (χ3n) is 20.2. The van der Waals surface area contributed by atoms with E-state index in [4.69, 9.17) is 0 Å². The minimum absolute atomic E-state index is 0.0879. The largest absolute Gasteiger partial charge is 0.310 e. The van der Waals surface area contributed by atoms with Crippen LogP contribution in [0.3, 0.4) is 0 Å². The highest BCUT2D eigenvalue weighted by Crippen LogP contribution is 2.56. The van der Waals surface area contributed by atoms with E-state index in [9.17, 15) is 0 Å². The summed E-state index contributed by atoms with van der Waals surface area (Å²) in [5.74, 6) is 0. The quantitative estimate of drug-likeness (QED) is 0.159. The Bertz CT molecular complexity index is 4970. The molecule has 3 nitrogen and oxygen atoms in total. The van der Waals surface area contributed by atoms with E-state index in [-0.39, 0.29) is 23.0 Å². The molecular formula is C87H76BN3. The van der Waals surface area contributed by atoms with Gasteiger partial charge in [-0.05, 0) is 136 Å². The smallest absolute Gasteiger partial charge is 0.252 e. The van der Waals surface area contributed by atoms with Crippen molar-refractivity contribution in [2.75, 3.05) is 9.80 Å². The number of benzene rings is 12. The van der Waals surface area contributed by atoms with Crippen molar-refractivity contribution in [2.45, 2.75) is 97.8 Å². The van der Waals surface area contributed by atoms with E-state index in [1.165, 1.54) is 122 Å². The van der Waals surface area contributed by atoms with Gasteiger partial charge in [-0.1, -0.05) is 295 Å². The SMILES string of the molecule is CC(C)(C)c1cc2c3c(c1)N(c1c(-c4ccccc4)cccc1-c1ccccc1)c1cc(-n4c5ccccc5c5ccccc54)ccc1B3c1ccc3cc1N2c1c(-c2ccccc2)cccc1-c1cccc(c1)C(C)(C)c1cc(C(C)(C)C)cc(C(C)(C)C)c1-3. The van der Waals surface area contributed by atoms with E-state index in [1.807, 2.05) is 0 Å². The Kier molecular flexibility index (Phi) is 12.7. The maximum Gasteiger partial charge on any atom is 0.252 e. The zero-order chi connectivity index (χ0) is 62.5. The molecule has 0 aliphatic carbocycles. The lowest BCUT2D eigenvalue weighted by Gasteiger charge is -2.46. The zero-order valence-electron chi connectivity index (χ0n) is 54.2. The van der Waals surface area contributed by atoms with Crippen LogP contribution in [0.1, 0.15) is 104 Å². The molecule has 3 aliphatic heterocycles. The molecule has 12 aromatic carbocycles. The number of nitrogens with zero attached hydrogens (tertiary/aromatic N) is 3. The van der Waals surface area contributed by atoms with E-state index in [1.54, 1.807) is 0 Å². The highest BCUT2D eigenvalue weighted by atomic mass is 15.2. The third-order valence-corrected chi connectivity index (χ3v) is 20.2. The highest BCUT2D eigenvalue weighted by Gasteiger charge is 2.47. The summed E-state index contributed by atoms with van der Waals surface area (Å²) in [7, 11) is 0. The summed E-state index contributed by atoms with van der Waals surface area (Å²) in [4.78, 5) is 5.43. The van der Waals surface area contributed by atoms with Gasteiger partial charge in [-0.15, -0.1) is 0 Å². The number of hydrogen-bond donors (Lipinski definition) is 0. The average Bonchev–Trinajstić information content (AvgIpc) is 1.04. The van der Waals surface area contributed by atoms with Crippen molar-refractivity contribution in [1.82, 2.24) is 4.57 Å². The fourth-order valence-corrected chi connectivity index (χ4v) is 15.4. The summed E-state index contributed by atoms with van der Waals surface area (Å²) in [6, 6.07) is 100. The second-order valence-electron chi connectivity index (χ2n) is 29.3. The van der Waals surface area contributed by atoms with E-state index < -0.39 is 5.41 Å². The highest BCUT2D eigenvalue weighted by molar-refractivity contribution is 7.00. The van der Waals surface area contributed by atoms with Gasteiger partial charge in [-0.25, -0.2) is 0 Å². The number of hydrogen-bond acceptors (Lipinski definition) is 2.